The third-order valence-electron chi connectivity index (χ3n) is 4.14. The lowest BCUT2D eigenvalue weighted by Crippen LogP contribution is -2.27. The molecule has 3 heteroatoms. The molecule has 0 fully saturated rings. The molecule has 0 radical (unpaired) electrons. The van der Waals surface area contributed by atoms with E-state index < -0.39 is 0 Å². The predicted molar refractivity (Wildman–Crippen MR) is 81.8 cm³/mol. The van der Waals surface area contributed by atoms with Gasteiger partial charge in [0.05, 0.1) is 7.11 Å². The molecule has 0 spiro atoms. The number of aryl methyl sites for hydroxylation is 1. The summed E-state index contributed by atoms with van der Waals surface area (Å²) in [7, 11) is 3.75. The lowest BCUT2D eigenvalue weighted by molar-refractivity contribution is 0.385. The average Bonchev–Trinajstić information content (AvgIpc) is 2.38. The van der Waals surface area contributed by atoms with E-state index in [1.54, 1.807) is 7.11 Å². The topological polar surface area (TPSA) is 47.3 Å². The monoisotopic (exact) mass is 264 g/mol. The van der Waals surface area contributed by atoms with Gasteiger partial charge in [0, 0.05) is 6.04 Å². The molecule has 1 aromatic carbocycles. The van der Waals surface area contributed by atoms with E-state index in [0.29, 0.717) is 12.0 Å². The van der Waals surface area contributed by atoms with Crippen LogP contribution >= 0.6 is 0 Å². The van der Waals surface area contributed by atoms with Crippen LogP contribution < -0.4 is 15.8 Å². The molecule has 3 N–H and O–H groups in total. The molecule has 3 nitrogen and oxygen atoms in total. The summed E-state index contributed by atoms with van der Waals surface area (Å²) in [5.74, 6) is 1.49. The summed E-state index contributed by atoms with van der Waals surface area (Å²) in [6.45, 7) is 9.44. The number of hydrogen-bond donors (Lipinski definition) is 2. The molecule has 0 heterocycles. The van der Waals surface area contributed by atoms with Crippen molar-refractivity contribution in [3.8, 4) is 5.75 Å². The first kappa shape index (κ1) is 16.0. The van der Waals surface area contributed by atoms with Gasteiger partial charge in [-0.3, -0.25) is 0 Å². The van der Waals surface area contributed by atoms with Gasteiger partial charge in [-0.25, -0.2) is 0 Å². The van der Waals surface area contributed by atoms with E-state index in [2.05, 4.69) is 39.1 Å². The Hall–Kier alpha value is -1.06. The van der Waals surface area contributed by atoms with Crippen LogP contribution in [-0.2, 0) is 0 Å². The smallest absolute Gasteiger partial charge is 0.122 e. The van der Waals surface area contributed by atoms with Crippen LogP contribution in [0.3, 0.4) is 0 Å². The van der Waals surface area contributed by atoms with Crippen molar-refractivity contribution < 1.29 is 4.74 Å². The van der Waals surface area contributed by atoms with Gasteiger partial charge in [-0.05, 0) is 75.0 Å². The molecule has 0 saturated carbocycles. The SMILES string of the molecule is CNC(c1c(C)cc(OC)c(C)c1C)C(C)CCN. The van der Waals surface area contributed by atoms with Crippen LogP contribution in [0, 0.1) is 26.7 Å². The number of benzene rings is 1. The summed E-state index contributed by atoms with van der Waals surface area (Å²) in [4.78, 5) is 0. The molecule has 0 aromatic heterocycles. The third-order valence-corrected chi connectivity index (χ3v) is 4.14. The minimum atomic E-state index is 0.341. The van der Waals surface area contributed by atoms with Gasteiger partial charge in [0.25, 0.3) is 0 Å². The summed E-state index contributed by atoms with van der Waals surface area (Å²) in [6, 6.07) is 2.48. The van der Waals surface area contributed by atoms with E-state index in [4.69, 9.17) is 10.5 Å². The van der Waals surface area contributed by atoms with Crippen molar-refractivity contribution in [2.75, 3.05) is 20.7 Å². The Bertz CT molecular complexity index is 429. The molecule has 2 atom stereocenters. The van der Waals surface area contributed by atoms with Crippen molar-refractivity contribution in [3.63, 3.8) is 0 Å². The minimum absolute atomic E-state index is 0.341. The molecule has 1 rings (SSSR count). The number of hydrogen-bond acceptors (Lipinski definition) is 3. The Morgan fingerprint density at radius 2 is 1.89 bits per heavy atom. The molecule has 0 aliphatic rings. The molecule has 19 heavy (non-hydrogen) atoms. The fraction of sp³-hybridized carbons (Fsp3) is 0.625. The van der Waals surface area contributed by atoms with E-state index in [-0.39, 0.29) is 0 Å². The minimum Gasteiger partial charge on any atom is -0.496 e. The van der Waals surface area contributed by atoms with Crippen LogP contribution in [0.1, 0.15) is 41.6 Å². The van der Waals surface area contributed by atoms with Gasteiger partial charge in [-0.15, -0.1) is 0 Å². The van der Waals surface area contributed by atoms with Crippen molar-refractivity contribution >= 4 is 0 Å². The first-order valence-corrected chi connectivity index (χ1v) is 6.99. The van der Waals surface area contributed by atoms with Gasteiger partial charge in [-0.2, -0.15) is 0 Å². The quantitative estimate of drug-likeness (QED) is 0.830. The van der Waals surface area contributed by atoms with Crippen molar-refractivity contribution in [2.45, 2.75) is 40.2 Å². The first-order valence-electron chi connectivity index (χ1n) is 6.99. The molecule has 0 saturated heterocycles. The lowest BCUT2D eigenvalue weighted by Gasteiger charge is -2.28. The standard InChI is InChI=1S/C16H28N2O/c1-10(7-8-17)16(18-5)15-11(2)9-14(19-6)12(3)13(15)4/h9-10,16,18H,7-8,17H2,1-6H3. The molecule has 2 unspecified atom stereocenters. The molecular formula is C16H28N2O. The van der Waals surface area contributed by atoms with Gasteiger partial charge < -0.3 is 15.8 Å². The van der Waals surface area contributed by atoms with Crippen molar-refractivity contribution in [3.05, 3.63) is 28.3 Å². The van der Waals surface area contributed by atoms with Gasteiger partial charge >= 0.3 is 0 Å². The molecular weight excluding hydrogens is 236 g/mol. The highest BCUT2D eigenvalue weighted by molar-refractivity contribution is 5.49. The molecule has 0 aliphatic heterocycles. The van der Waals surface area contributed by atoms with Gasteiger partial charge in [0.15, 0.2) is 0 Å². The molecule has 1 aromatic rings. The average molecular weight is 264 g/mol. The summed E-state index contributed by atoms with van der Waals surface area (Å²) in [5.41, 5.74) is 10.9. The van der Waals surface area contributed by atoms with Gasteiger partial charge in [0.1, 0.15) is 5.75 Å². The summed E-state index contributed by atoms with van der Waals surface area (Å²) < 4.78 is 5.44. The second-order valence-corrected chi connectivity index (χ2v) is 5.38. The Morgan fingerprint density at radius 1 is 1.26 bits per heavy atom. The molecule has 108 valence electrons. The van der Waals surface area contributed by atoms with Crippen LogP contribution in [0.5, 0.6) is 5.75 Å². The Morgan fingerprint density at radius 3 is 2.37 bits per heavy atom. The van der Waals surface area contributed by atoms with E-state index in [1.807, 2.05) is 7.05 Å². The zero-order valence-electron chi connectivity index (χ0n) is 13.1. The summed E-state index contributed by atoms with van der Waals surface area (Å²) >= 11 is 0. The fourth-order valence-corrected chi connectivity index (χ4v) is 2.90. The highest BCUT2D eigenvalue weighted by Crippen LogP contribution is 2.34. The van der Waals surface area contributed by atoms with Crippen LogP contribution in [0.4, 0.5) is 0 Å². The second kappa shape index (κ2) is 6.92. The number of nitrogens with one attached hydrogen (secondary N) is 1. The lowest BCUT2D eigenvalue weighted by atomic mass is 9.85. The highest BCUT2D eigenvalue weighted by Gasteiger charge is 2.22. The maximum Gasteiger partial charge on any atom is 0.122 e. The maximum atomic E-state index is 5.70. The zero-order valence-corrected chi connectivity index (χ0v) is 13.1. The number of nitrogens with two attached hydrogens (primary N) is 1. The molecule has 0 amide bonds. The van der Waals surface area contributed by atoms with E-state index >= 15 is 0 Å². The maximum absolute atomic E-state index is 5.70. The normalized spacial score (nSPS) is 14.3. The van der Waals surface area contributed by atoms with Crippen molar-refractivity contribution in [1.82, 2.24) is 5.32 Å². The van der Waals surface area contributed by atoms with Gasteiger partial charge in [-0.1, -0.05) is 6.92 Å². The van der Waals surface area contributed by atoms with Crippen LogP contribution in [-0.4, -0.2) is 20.7 Å². The summed E-state index contributed by atoms with van der Waals surface area (Å²) in [5, 5.41) is 3.45. The third kappa shape index (κ3) is 3.28. The van der Waals surface area contributed by atoms with E-state index in [1.165, 1.54) is 22.3 Å². The van der Waals surface area contributed by atoms with Gasteiger partial charge in [0.2, 0.25) is 0 Å². The van der Waals surface area contributed by atoms with E-state index in [9.17, 15) is 0 Å². The van der Waals surface area contributed by atoms with Crippen LogP contribution in [0.15, 0.2) is 6.07 Å². The number of methoxy groups -OCH3 is 1. The highest BCUT2D eigenvalue weighted by atomic mass is 16.5. The Balaban J connectivity index is 3.28. The second-order valence-electron chi connectivity index (χ2n) is 5.38. The molecule has 0 aliphatic carbocycles. The Kier molecular flexibility index (Phi) is 5.83. The van der Waals surface area contributed by atoms with Crippen molar-refractivity contribution in [2.24, 2.45) is 11.7 Å². The predicted octanol–water partition coefficient (Wildman–Crippen LogP) is 2.87. The van der Waals surface area contributed by atoms with E-state index in [0.717, 1.165) is 18.7 Å². The number of rotatable bonds is 6. The zero-order chi connectivity index (χ0) is 14.6. The Labute approximate surface area is 117 Å². The summed E-state index contributed by atoms with van der Waals surface area (Å²) in [6.07, 6.45) is 1.02. The molecule has 0 bridgehead atoms. The fourth-order valence-electron chi connectivity index (χ4n) is 2.90. The largest absolute Gasteiger partial charge is 0.496 e. The van der Waals surface area contributed by atoms with Crippen LogP contribution in [0.25, 0.3) is 0 Å². The number of ether oxygens (including phenoxy) is 1. The first-order chi connectivity index (χ1) is 8.97. The van der Waals surface area contributed by atoms with Crippen molar-refractivity contribution in [1.29, 1.82) is 0 Å². The van der Waals surface area contributed by atoms with Crippen LogP contribution in [0.2, 0.25) is 0 Å².